The van der Waals surface area contributed by atoms with E-state index in [9.17, 15) is 0 Å². The van der Waals surface area contributed by atoms with Gasteiger partial charge >= 0.3 is 0 Å². The molecule has 0 bridgehead atoms. The Labute approximate surface area is 87.2 Å². The quantitative estimate of drug-likeness (QED) is 0.740. The van der Waals surface area contributed by atoms with Gasteiger partial charge in [0.15, 0.2) is 0 Å². The van der Waals surface area contributed by atoms with Gasteiger partial charge in [0.1, 0.15) is 0 Å². The molecule has 1 saturated heterocycles. The Hall–Kier alpha value is -0.340. The van der Waals surface area contributed by atoms with Crippen LogP contribution in [-0.4, -0.2) is 12.2 Å². The van der Waals surface area contributed by atoms with E-state index in [1.165, 1.54) is 10.0 Å². The Bertz CT molecular complexity index is 298. The van der Waals surface area contributed by atoms with E-state index in [0.717, 1.165) is 12.8 Å². The average molecular weight is 241 g/mol. The molecule has 13 heavy (non-hydrogen) atoms. The summed E-state index contributed by atoms with van der Waals surface area (Å²) in [5, 5.41) is 0. The second kappa shape index (κ2) is 3.81. The van der Waals surface area contributed by atoms with Crippen LogP contribution in [0, 0.1) is 0 Å². The van der Waals surface area contributed by atoms with E-state index in [1.807, 2.05) is 6.07 Å². The number of hydrogen-bond donors (Lipinski definition) is 0. The molecule has 1 aromatic rings. The van der Waals surface area contributed by atoms with Crippen LogP contribution in [0.1, 0.15) is 18.9 Å². The number of aryl methyl sites for hydroxylation is 1. The number of ether oxygens (including phenoxy) is 1. The van der Waals surface area contributed by atoms with Crippen molar-refractivity contribution in [2.45, 2.75) is 32.0 Å². The van der Waals surface area contributed by atoms with Crippen LogP contribution in [0.15, 0.2) is 28.7 Å². The molecule has 0 spiro atoms. The van der Waals surface area contributed by atoms with Crippen molar-refractivity contribution >= 4 is 15.9 Å². The van der Waals surface area contributed by atoms with Crippen LogP contribution in [0.3, 0.4) is 0 Å². The molecule has 1 aliphatic heterocycles. The molecule has 0 aromatic heterocycles. The van der Waals surface area contributed by atoms with Gasteiger partial charge in [0.25, 0.3) is 0 Å². The lowest BCUT2D eigenvalue weighted by atomic mass is 10.1. The maximum Gasteiger partial charge on any atom is 0.0842 e. The van der Waals surface area contributed by atoms with E-state index in [-0.39, 0.29) is 0 Å². The molecule has 1 fully saturated rings. The third kappa shape index (κ3) is 2.32. The zero-order chi connectivity index (χ0) is 9.26. The minimum Gasteiger partial charge on any atom is -0.370 e. The van der Waals surface area contributed by atoms with Crippen molar-refractivity contribution in [1.82, 2.24) is 0 Å². The van der Waals surface area contributed by atoms with Crippen molar-refractivity contribution in [3.63, 3.8) is 0 Å². The summed E-state index contributed by atoms with van der Waals surface area (Å²) in [5.74, 6) is 0. The summed E-state index contributed by atoms with van der Waals surface area (Å²) in [7, 11) is 0. The lowest BCUT2D eigenvalue weighted by Gasteiger charge is -2.01. The maximum absolute atomic E-state index is 5.36. The van der Waals surface area contributed by atoms with Crippen LogP contribution < -0.4 is 0 Å². The van der Waals surface area contributed by atoms with Crippen molar-refractivity contribution in [3.05, 3.63) is 34.3 Å². The minimum absolute atomic E-state index is 0.488. The molecular weight excluding hydrogens is 228 g/mol. The highest BCUT2D eigenvalue weighted by Gasteiger charge is 2.33. The van der Waals surface area contributed by atoms with Gasteiger partial charge in [0.2, 0.25) is 0 Å². The largest absolute Gasteiger partial charge is 0.370 e. The van der Waals surface area contributed by atoms with Crippen LogP contribution in [0.5, 0.6) is 0 Å². The molecule has 0 N–H and O–H groups in total. The number of benzene rings is 1. The molecular formula is C11H13BrO. The molecule has 0 aliphatic carbocycles. The lowest BCUT2D eigenvalue weighted by Crippen LogP contribution is -1.94. The molecule has 1 nitrogen and oxygen atoms in total. The summed E-state index contributed by atoms with van der Waals surface area (Å²) in [4.78, 5) is 0. The van der Waals surface area contributed by atoms with E-state index in [0.29, 0.717) is 12.2 Å². The second-order valence-electron chi connectivity index (χ2n) is 3.51. The van der Waals surface area contributed by atoms with Gasteiger partial charge < -0.3 is 4.74 Å². The molecule has 0 radical (unpaired) electrons. The Morgan fingerprint density at radius 2 is 2.08 bits per heavy atom. The Morgan fingerprint density at radius 1 is 1.38 bits per heavy atom. The first kappa shape index (κ1) is 9.22. The van der Waals surface area contributed by atoms with Crippen molar-refractivity contribution < 1.29 is 4.74 Å². The summed E-state index contributed by atoms with van der Waals surface area (Å²) < 4.78 is 6.57. The zero-order valence-electron chi connectivity index (χ0n) is 7.66. The Balaban J connectivity index is 1.90. The van der Waals surface area contributed by atoms with Gasteiger partial charge in [-0.2, -0.15) is 0 Å². The molecule has 1 aromatic carbocycles. The molecule has 0 amide bonds. The summed E-state index contributed by atoms with van der Waals surface area (Å²) in [6.07, 6.45) is 3.25. The van der Waals surface area contributed by atoms with Gasteiger partial charge in [-0.25, -0.2) is 0 Å². The summed E-state index contributed by atoms with van der Waals surface area (Å²) in [6, 6.07) is 8.38. The first-order valence-electron chi connectivity index (χ1n) is 4.66. The molecule has 2 heteroatoms. The van der Waals surface area contributed by atoms with E-state index in [1.54, 1.807) is 0 Å². The first-order chi connectivity index (χ1) is 6.27. The van der Waals surface area contributed by atoms with E-state index < -0.39 is 0 Å². The van der Waals surface area contributed by atoms with Gasteiger partial charge in [0.05, 0.1) is 12.2 Å². The predicted molar refractivity (Wildman–Crippen MR) is 56.8 cm³/mol. The van der Waals surface area contributed by atoms with Gasteiger partial charge in [-0.15, -0.1) is 0 Å². The van der Waals surface area contributed by atoms with Crippen LogP contribution in [0.25, 0.3) is 0 Å². The highest BCUT2D eigenvalue weighted by Crippen LogP contribution is 2.27. The van der Waals surface area contributed by atoms with Crippen molar-refractivity contribution in [1.29, 1.82) is 0 Å². The van der Waals surface area contributed by atoms with Crippen LogP contribution in [-0.2, 0) is 11.2 Å². The Kier molecular flexibility index (Phi) is 2.70. The van der Waals surface area contributed by atoms with E-state index in [2.05, 4.69) is 41.1 Å². The van der Waals surface area contributed by atoms with Gasteiger partial charge in [-0.05, 0) is 31.4 Å². The molecule has 70 valence electrons. The third-order valence-corrected chi connectivity index (χ3v) is 3.27. The predicted octanol–water partition coefficient (Wildman–Crippen LogP) is 3.17. The van der Waals surface area contributed by atoms with Crippen molar-refractivity contribution in [2.24, 2.45) is 0 Å². The SMILES string of the molecule is CC1OC1CCc1ccccc1Br. The molecule has 2 rings (SSSR count). The summed E-state index contributed by atoms with van der Waals surface area (Å²) in [5.41, 5.74) is 1.38. The molecule has 2 unspecified atom stereocenters. The average Bonchev–Trinajstić information content (AvgIpc) is 2.81. The highest BCUT2D eigenvalue weighted by atomic mass is 79.9. The van der Waals surface area contributed by atoms with Crippen molar-refractivity contribution in [3.8, 4) is 0 Å². The zero-order valence-corrected chi connectivity index (χ0v) is 9.25. The number of halogens is 1. The van der Waals surface area contributed by atoms with E-state index >= 15 is 0 Å². The lowest BCUT2D eigenvalue weighted by molar-refractivity contribution is 0.370. The fourth-order valence-corrected chi connectivity index (χ4v) is 2.02. The molecule has 1 heterocycles. The van der Waals surface area contributed by atoms with Gasteiger partial charge in [0, 0.05) is 4.47 Å². The standard InChI is InChI=1S/C11H13BrO/c1-8-11(13-8)7-6-9-4-2-3-5-10(9)12/h2-5,8,11H,6-7H2,1H3. The van der Waals surface area contributed by atoms with Crippen LogP contribution in [0.4, 0.5) is 0 Å². The van der Waals surface area contributed by atoms with Crippen LogP contribution >= 0.6 is 15.9 Å². The summed E-state index contributed by atoms with van der Waals surface area (Å²) >= 11 is 3.54. The van der Waals surface area contributed by atoms with Gasteiger partial charge in [-0.3, -0.25) is 0 Å². The molecule has 0 saturated carbocycles. The van der Waals surface area contributed by atoms with Gasteiger partial charge in [-0.1, -0.05) is 34.1 Å². The van der Waals surface area contributed by atoms with E-state index in [4.69, 9.17) is 4.74 Å². The smallest absolute Gasteiger partial charge is 0.0842 e. The third-order valence-electron chi connectivity index (χ3n) is 2.49. The molecule has 1 aliphatic rings. The van der Waals surface area contributed by atoms with Crippen molar-refractivity contribution in [2.75, 3.05) is 0 Å². The number of epoxide rings is 1. The molecule has 2 atom stereocenters. The maximum atomic E-state index is 5.36. The monoisotopic (exact) mass is 240 g/mol. The number of hydrogen-bond acceptors (Lipinski definition) is 1. The fraction of sp³-hybridized carbons (Fsp3) is 0.455. The minimum atomic E-state index is 0.488. The summed E-state index contributed by atoms with van der Waals surface area (Å²) in [6.45, 7) is 2.13. The highest BCUT2D eigenvalue weighted by molar-refractivity contribution is 9.10. The normalized spacial score (nSPS) is 26.0. The second-order valence-corrected chi connectivity index (χ2v) is 4.36. The number of rotatable bonds is 3. The first-order valence-corrected chi connectivity index (χ1v) is 5.45. The topological polar surface area (TPSA) is 12.5 Å². The van der Waals surface area contributed by atoms with Crippen LogP contribution in [0.2, 0.25) is 0 Å². The fourth-order valence-electron chi connectivity index (χ4n) is 1.53. The Morgan fingerprint density at radius 3 is 2.69 bits per heavy atom.